The summed E-state index contributed by atoms with van der Waals surface area (Å²) in [6, 6.07) is -1.00. The first-order valence-corrected chi connectivity index (χ1v) is 7.28. The first-order valence-electron chi connectivity index (χ1n) is 4.51. The van der Waals surface area contributed by atoms with Crippen molar-refractivity contribution >= 4 is 21.2 Å². The summed E-state index contributed by atoms with van der Waals surface area (Å²) in [5, 5.41) is -1.98. The Morgan fingerprint density at radius 3 is 2.35 bits per heavy atom. The molecule has 0 aromatic carbocycles. The lowest BCUT2D eigenvalue weighted by Gasteiger charge is -2.16. The van der Waals surface area contributed by atoms with Crippen molar-refractivity contribution in [2.45, 2.75) is 24.4 Å². The number of aromatic nitrogens is 1. The molecule has 0 aliphatic carbocycles. The molecule has 0 radical (unpaired) electrons. The van der Waals surface area contributed by atoms with E-state index < -0.39 is 32.3 Å². The smallest absolute Gasteiger partial charge is 0.322 e. The summed E-state index contributed by atoms with van der Waals surface area (Å²) in [4.78, 5) is 3.30. The van der Waals surface area contributed by atoms with Gasteiger partial charge >= 0.3 is 6.18 Å². The Labute approximate surface area is 101 Å². The molecule has 1 rings (SSSR count). The highest BCUT2D eigenvalue weighted by atomic mass is 32.2. The highest BCUT2D eigenvalue weighted by Crippen LogP contribution is 2.35. The lowest BCUT2D eigenvalue weighted by atomic mass is 10.2. The summed E-state index contributed by atoms with van der Waals surface area (Å²) in [6.45, 7) is 1.35. The topological polar surface area (TPSA) is 73.0 Å². The molecule has 0 aliphatic heterocycles. The second kappa shape index (κ2) is 4.54. The molecule has 4 nitrogen and oxygen atoms in total. The monoisotopic (exact) mass is 288 g/mol. The molecule has 0 bridgehead atoms. The van der Waals surface area contributed by atoms with Crippen molar-refractivity contribution in [3.8, 4) is 0 Å². The fraction of sp³-hybridized carbons (Fsp3) is 0.625. The molecule has 0 spiro atoms. The van der Waals surface area contributed by atoms with Crippen LogP contribution in [-0.4, -0.2) is 24.9 Å². The molecule has 9 heteroatoms. The molecule has 2 N–H and O–H groups in total. The first kappa shape index (κ1) is 14.4. The van der Waals surface area contributed by atoms with Crippen LogP contribution < -0.4 is 5.73 Å². The molecule has 1 aromatic rings. The van der Waals surface area contributed by atoms with Gasteiger partial charge in [0.1, 0.15) is 0 Å². The van der Waals surface area contributed by atoms with Crippen molar-refractivity contribution in [3.05, 3.63) is 16.1 Å². The zero-order valence-corrected chi connectivity index (χ0v) is 10.7. The Hall–Kier alpha value is -0.670. The van der Waals surface area contributed by atoms with Crippen LogP contribution in [0.2, 0.25) is 0 Å². The number of nitrogens with two attached hydrogens (primary N) is 1. The Balaban J connectivity index is 2.99. The van der Waals surface area contributed by atoms with E-state index in [1.165, 1.54) is 6.92 Å². The highest BCUT2D eigenvalue weighted by molar-refractivity contribution is 7.91. The van der Waals surface area contributed by atoms with Crippen molar-refractivity contribution in [1.82, 2.24) is 4.98 Å². The Morgan fingerprint density at radius 2 is 2.00 bits per heavy atom. The minimum atomic E-state index is -4.53. The maximum absolute atomic E-state index is 12.3. The number of alkyl halides is 3. The van der Waals surface area contributed by atoms with E-state index in [1.54, 1.807) is 0 Å². The number of rotatable bonds is 3. The van der Waals surface area contributed by atoms with Gasteiger partial charge in [-0.25, -0.2) is 13.4 Å². The van der Waals surface area contributed by atoms with Crippen molar-refractivity contribution in [2.75, 3.05) is 6.26 Å². The third-order valence-electron chi connectivity index (χ3n) is 2.28. The molecule has 2 atom stereocenters. The number of thiazole rings is 1. The second-order valence-electron chi connectivity index (χ2n) is 3.63. The second-order valence-corrected chi connectivity index (χ2v) is 7.09. The normalized spacial score (nSPS) is 16.8. The molecule has 0 aliphatic rings. The van der Waals surface area contributed by atoms with Crippen LogP contribution in [0.4, 0.5) is 13.2 Å². The maximum atomic E-state index is 12.3. The Morgan fingerprint density at radius 1 is 1.47 bits per heavy atom. The van der Waals surface area contributed by atoms with Gasteiger partial charge in [-0.05, 0) is 6.92 Å². The summed E-state index contributed by atoms with van der Waals surface area (Å²) in [6.07, 6.45) is -2.57. The van der Waals surface area contributed by atoms with Crippen LogP contribution in [0.15, 0.2) is 6.20 Å². The molecule has 1 aromatic heterocycles. The van der Waals surface area contributed by atoms with Crippen LogP contribution in [0.5, 0.6) is 0 Å². The Kier molecular flexibility index (Phi) is 3.84. The van der Waals surface area contributed by atoms with Crippen LogP contribution >= 0.6 is 11.3 Å². The minimum absolute atomic E-state index is 0.107. The third-order valence-corrected chi connectivity index (χ3v) is 5.06. The van der Waals surface area contributed by atoms with Gasteiger partial charge in [0.2, 0.25) is 0 Å². The van der Waals surface area contributed by atoms with Gasteiger partial charge in [0.15, 0.2) is 14.8 Å². The summed E-state index contributed by atoms with van der Waals surface area (Å²) in [5.74, 6) is 0. The van der Waals surface area contributed by atoms with Gasteiger partial charge in [-0.3, -0.25) is 0 Å². The molecule has 0 saturated heterocycles. The number of nitrogens with zero attached hydrogens (tertiary/aromatic N) is 1. The van der Waals surface area contributed by atoms with Gasteiger partial charge < -0.3 is 5.73 Å². The molecule has 0 amide bonds. The quantitative estimate of drug-likeness (QED) is 0.916. The van der Waals surface area contributed by atoms with Crippen molar-refractivity contribution in [3.63, 3.8) is 0 Å². The third kappa shape index (κ3) is 3.39. The molecule has 98 valence electrons. The largest absolute Gasteiger partial charge is 0.443 e. The fourth-order valence-corrected chi connectivity index (χ4v) is 2.72. The van der Waals surface area contributed by atoms with Gasteiger partial charge in [0.05, 0.1) is 11.3 Å². The average Bonchev–Trinajstić information content (AvgIpc) is 2.61. The van der Waals surface area contributed by atoms with Gasteiger partial charge in [0.25, 0.3) is 0 Å². The standard InChI is InChI=1S/C8H11F3N2O2S2/c1-4(17(2,14)15)6(12)5-3-13-7(16-5)8(9,10)11/h3-4,6H,12H2,1-2H3. The summed E-state index contributed by atoms with van der Waals surface area (Å²) in [5.41, 5.74) is 5.61. The van der Waals surface area contributed by atoms with Crippen LogP contribution in [0.25, 0.3) is 0 Å². The average molecular weight is 288 g/mol. The van der Waals surface area contributed by atoms with E-state index in [4.69, 9.17) is 5.73 Å². The van der Waals surface area contributed by atoms with Crippen molar-refractivity contribution < 1.29 is 21.6 Å². The molecule has 0 fully saturated rings. The first-order chi connectivity index (χ1) is 7.53. The van der Waals surface area contributed by atoms with Crippen LogP contribution in [-0.2, 0) is 16.0 Å². The lowest BCUT2D eigenvalue weighted by molar-refractivity contribution is -0.137. The summed E-state index contributed by atoms with van der Waals surface area (Å²) < 4.78 is 59.3. The van der Waals surface area contributed by atoms with E-state index in [2.05, 4.69) is 4.98 Å². The SMILES string of the molecule is CC(C(N)c1cnc(C(F)(F)F)s1)S(C)(=O)=O. The fourth-order valence-electron chi connectivity index (χ4n) is 1.07. The van der Waals surface area contributed by atoms with E-state index in [-0.39, 0.29) is 4.88 Å². The molecule has 17 heavy (non-hydrogen) atoms. The molecule has 0 saturated carbocycles. The number of halogens is 3. The van der Waals surface area contributed by atoms with Crippen LogP contribution in [0.3, 0.4) is 0 Å². The van der Waals surface area contributed by atoms with Gasteiger partial charge in [0, 0.05) is 17.3 Å². The molecular formula is C8H11F3N2O2S2. The summed E-state index contributed by atoms with van der Waals surface area (Å²) in [7, 11) is -3.40. The lowest BCUT2D eigenvalue weighted by Crippen LogP contribution is -2.29. The van der Waals surface area contributed by atoms with Crippen molar-refractivity contribution in [1.29, 1.82) is 0 Å². The van der Waals surface area contributed by atoms with Gasteiger partial charge in [-0.1, -0.05) is 0 Å². The van der Waals surface area contributed by atoms with E-state index in [0.29, 0.717) is 11.3 Å². The van der Waals surface area contributed by atoms with E-state index >= 15 is 0 Å². The van der Waals surface area contributed by atoms with E-state index in [1.807, 2.05) is 0 Å². The molecule has 2 unspecified atom stereocenters. The predicted octanol–water partition coefficient (Wildman–Crippen LogP) is 1.59. The number of hydrogen-bond donors (Lipinski definition) is 1. The van der Waals surface area contributed by atoms with Crippen LogP contribution in [0.1, 0.15) is 22.9 Å². The highest BCUT2D eigenvalue weighted by Gasteiger charge is 2.36. The van der Waals surface area contributed by atoms with E-state index in [0.717, 1.165) is 12.5 Å². The molecular weight excluding hydrogens is 277 g/mol. The zero-order valence-electron chi connectivity index (χ0n) is 9.02. The maximum Gasteiger partial charge on any atom is 0.443 e. The van der Waals surface area contributed by atoms with Crippen molar-refractivity contribution in [2.24, 2.45) is 5.73 Å². The summed E-state index contributed by atoms with van der Waals surface area (Å²) >= 11 is 0.367. The van der Waals surface area contributed by atoms with Gasteiger partial charge in [-0.15, -0.1) is 11.3 Å². The predicted molar refractivity (Wildman–Crippen MR) is 58.4 cm³/mol. The molecule has 1 heterocycles. The number of sulfone groups is 1. The minimum Gasteiger partial charge on any atom is -0.322 e. The van der Waals surface area contributed by atoms with Crippen LogP contribution in [0, 0.1) is 0 Å². The van der Waals surface area contributed by atoms with Gasteiger partial charge in [-0.2, -0.15) is 13.2 Å². The zero-order chi connectivity index (χ0) is 13.4. The number of hydrogen-bond acceptors (Lipinski definition) is 5. The van der Waals surface area contributed by atoms with E-state index in [9.17, 15) is 21.6 Å². The Bertz CT molecular complexity index is 495.